The Labute approximate surface area is 213 Å². The fourth-order valence-electron chi connectivity index (χ4n) is 6.06. The van der Waals surface area contributed by atoms with Crippen LogP contribution in [0.4, 0.5) is 0 Å². The molecule has 6 rings (SSSR count). The Morgan fingerprint density at radius 1 is 0.886 bits per heavy atom. The van der Waals surface area contributed by atoms with Crippen LogP contribution in [0.1, 0.15) is 46.8 Å². The molecule has 2 aliphatic heterocycles. The van der Waals surface area contributed by atoms with Crippen LogP contribution in [0, 0.1) is 6.92 Å². The van der Waals surface area contributed by atoms with Crippen LogP contribution in [0.3, 0.4) is 0 Å². The number of hydrogen-bond acceptors (Lipinski definition) is 2. The van der Waals surface area contributed by atoms with Gasteiger partial charge in [-0.15, -0.1) is 0 Å². The highest BCUT2D eigenvalue weighted by molar-refractivity contribution is 6.30. The fraction of sp³-hybridized carbons (Fsp3) is 0.312. The van der Waals surface area contributed by atoms with E-state index < -0.39 is 0 Å². The van der Waals surface area contributed by atoms with Crippen LogP contribution in [0.5, 0.6) is 0 Å². The quantitative estimate of drug-likeness (QED) is 0.297. The topological polar surface area (TPSA) is 12.5 Å². The van der Waals surface area contributed by atoms with E-state index >= 15 is 0 Å². The smallest absolute Gasteiger partial charge is 0.0966 e. The number of ether oxygens (including phenoxy) is 1. The van der Waals surface area contributed by atoms with Crippen molar-refractivity contribution in [1.29, 1.82) is 0 Å². The first kappa shape index (κ1) is 22.8. The lowest BCUT2D eigenvalue weighted by Gasteiger charge is -2.47. The predicted molar refractivity (Wildman–Crippen MR) is 145 cm³/mol. The first-order valence-corrected chi connectivity index (χ1v) is 13.2. The summed E-state index contributed by atoms with van der Waals surface area (Å²) >= 11 is 6.42. The second-order valence-electron chi connectivity index (χ2n) is 10.3. The van der Waals surface area contributed by atoms with Gasteiger partial charge in [0.1, 0.15) is 0 Å². The number of rotatable bonds is 4. The van der Waals surface area contributed by atoms with E-state index in [1.165, 1.54) is 38.6 Å². The number of aryl methyl sites for hydroxylation is 1. The maximum atomic E-state index is 7.01. The van der Waals surface area contributed by atoms with E-state index in [1.807, 2.05) is 6.07 Å². The predicted octanol–water partition coefficient (Wildman–Crippen LogP) is 7.65. The molecule has 4 aromatic rings. The standard InChI is InChI=1S/C32H32ClNO/c1-23-18-28(21-29(33)19-23)31-22-27-8-4-5-9-30(27)32(35-31)13-16-34(17-14-32)15-12-24-10-11-25-6-2-3-7-26(25)20-24/h2-11,18-21,31H,12-17,22H2,1H3. The molecule has 1 unspecified atom stereocenters. The average Bonchev–Trinajstić information content (AvgIpc) is 2.88. The van der Waals surface area contributed by atoms with Gasteiger partial charge in [0.2, 0.25) is 0 Å². The number of halogens is 1. The van der Waals surface area contributed by atoms with Crippen LogP contribution in [-0.2, 0) is 23.2 Å². The molecule has 0 radical (unpaired) electrons. The average molecular weight is 482 g/mol. The van der Waals surface area contributed by atoms with Crippen LogP contribution in [0.2, 0.25) is 5.02 Å². The molecule has 1 atom stereocenters. The summed E-state index contributed by atoms with van der Waals surface area (Å²) in [6.45, 7) is 5.31. The minimum atomic E-state index is -0.213. The van der Waals surface area contributed by atoms with Crippen LogP contribution < -0.4 is 0 Å². The van der Waals surface area contributed by atoms with Crippen molar-refractivity contribution < 1.29 is 4.74 Å². The number of piperidine rings is 1. The first-order chi connectivity index (χ1) is 17.1. The molecule has 1 fully saturated rings. The Morgan fingerprint density at radius 3 is 2.49 bits per heavy atom. The molecule has 2 heterocycles. The lowest BCUT2D eigenvalue weighted by Crippen LogP contribution is -2.47. The van der Waals surface area contributed by atoms with Crippen molar-refractivity contribution in [2.24, 2.45) is 0 Å². The maximum absolute atomic E-state index is 7.01. The minimum Gasteiger partial charge on any atom is -0.362 e. The fourth-order valence-corrected chi connectivity index (χ4v) is 6.36. The molecule has 35 heavy (non-hydrogen) atoms. The number of hydrogen-bond donors (Lipinski definition) is 0. The Hall–Kier alpha value is -2.65. The molecule has 0 N–H and O–H groups in total. The molecule has 0 bridgehead atoms. The summed E-state index contributed by atoms with van der Waals surface area (Å²) in [5.74, 6) is 0. The SMILES string of the molecule is Cc1cc(Cl)cc(C2Cc3ccccc3C3(CCN(CCc4ccc5ccccc5c4)CC3)O2)c1. The third-order valence-corrected chi connectivity index (χ3v) is 8.13. The van der Waals surface area contributed by atoms with E-state index in [2.05, 4.69) is 90.7 Å². The highest BCUT2D eigenvalue weighted by atomic mass is 35.5. The Balaban J connectivity index is 1.18. The van der Waals surface area contributed by atoms with Crippen LogP contribution >= 0.6 is 11.6 Å². The van der Waals surface area contributed by atoms with Gasteiger partial charge in [-0.25, -0.2) is 0 Å². The molecule has 4 aromatic carbocycles. The molecule has 2 nitrogen and oxygen atoms in total. The third kappa shape index (κ3) is 4.63. The zero-order valence-electron chi connectivity index (χ0n) is 20.3. The largest absolute Gasteiger partial charge is 0.362 e. The number of fused-ring (bicyclic) bond motifs is 3. The molecular weight excluding hydrogens is 450 g/mol. The summed E-state index contributed by atoms with van der Waals surface area (Å²) in [6, 6.07) is 30.7. The molecule has 1 spiro atoms. The second kappa shape index (κ2) is 9.43. The highest BCUT2D eigenvalue weighted by Gasteiger charge is 2.43. The van der Waals surface area contributed by atoms with Crippen LogP contribution in [-0.4, -0.2) is 24.5 Å². The summed E-state index contributed by atoms with van der Waals surface area (Å²) in [7, 11) is 0. The molecule has 0 aliphatic carbocycles. The van der Waals surface area contributed by atoms with Crippen LogP contribution in [0.25, 0.3) is 10.8 Å². The molecular formula is C32H32ClNO. The summed E-state index contributed by atoms with van der Waals surface area (Å²) in [5.41, 5.74) is 6.40. The van der Waals surface area contributed by atoms with Crippen molar-refractivity contribution in [3.8, 4) is 0 Å². The van der Waals surface area contributed by atoms with E-state index in [-0.39, 0.29) is 11.7 Å². The molecule has 2 aliphatic rings. The van der Waals surface area contributed by atoms with Gasteiger partial charge < -0.3 is 9.64 Å². The normalized spacial score (nSPS) is 19.7. The summed E-state index contributed by atoms with van der Waals surface area (Å²) in [6.07, 6.45) is 4.09. The van der Waals surface area contributed by atoms with Crippen molar-refractivity contribution in [3.63, 3.8) is 0 Å². The van der Waals surface area contributed by atoms with E-state index in [0.29, 0.717) is 0 Å². The van der Waals surface area contributed by atoms with Gasteiger partial charge >= 0.3 is 0 Å². The van der Waals surface area contributed by atoms with Crippen molar-refractivity contribution in [2.75, 3.05) is 19.6 Å². The van der Waals surface area contributed by atoms with Gasteiger partial charge in [0, 0.05) is 31.1 Å². The van der Waals surface area contributed by atoms with Crippen LogP contribution in [0.15, 0.2) is 84.9 Å². The lowest BCUT2D eigenvalue weighted by atomic mass is 9.77. The van der Waals surface area contributed by atoms with Gasteiger partial charge in [-0.2, -0.15) is 0 Å². The number of nitrogens with zero attached hydrogens (tertiary/aromatic N) is 1. The summed E-state index contributed by atoms with van der Waals surface area (Å²) in [5, 5.41) is 3.44. The lowest BCUT2D eigenvalue weighted by molar-refractivity contribution is -0.142. The van der Waals surface area contributed by atoms with E-state index in [9.17, 15) is 0 Å². The molecule has 3 heteroatoms. The van der Waals surface area contributed by atoms with E-state index in [1.54, 1.807) is 0 Å². The number of likely N-dealkylation sites (tertiary alicyclic amines) is 1. The van der Waals surface area contributed by atoms with Crippen molar-refractivity contribution >= 4 is 22.4 Å². The molecule has 0 aromatic heterocycles. The highest BCUT2D eigenvalue weighted by Crippen LogP contribution is 2.47. The molecule has 178 valence electrons. The second-order valence-corrected chi connectivity index (χ2v) is 10.7. The maximum Gasteiger partial charge on any atom is 0.0966 e. The zero-order chi connectivity index (χ0) is 23.8. The summed E-state index contributed by atoms with van der Waals surface area (Å²) in [4.78, 5) is 2.61. The van der Waals surface area contributed by atoms with E-state index in [0.717, 1.165) is 50.3 Å². The Morgan fingerprint density at radius 2 is 1.66 bits per heavy atom. The van der Waals surface area contributed by atoms with Gasteiger partial charge in [0.05, 0.1) is 11.7 Å². The van der Waals surface area contributed by atoms with Gasteiger partial charge in [0.25, 0.3) is 0 Å². The van der Waals surface area contributed by atoms with Gasteiger partial charge in [-0.05, 0) is 76.9 Å². The molecule has 0 saturated carbocycles. The third-order valence-electron chi connectivity index (χ3n) is 7.91. The Bertz CT molecular complexity index is 1330. The number of benzene rings is 4. The summed E-state index contributed by atoms with van der Waals surface area (Å²) < 4.78 is 7.01. The van der Waals surface area contributed by atoms with Gasteiger partial charge in [-0.1, -0.05) is 84.4 Å². The molecule has 1 saturated heterocycles. The minimum absolute atomic E-state index is 0.0476. The van der Waals surface area contributed by atoms with Crippen molar-refractivity contribution in [2.45, 2.75) is 44.3 Å². The molecule has 0 amide bonds. The van der Waals surface area contributed by atoms with Crippen molar-refractivity contribution in [3.05, 3.63) is 118 Å². The zero-order valence-corrected chi connectivity index (χ0v) is 21.1. The van der Waals surface area contributed by atoms with E-state index in [4.69, 9.17) is 16.3 Å². The Kier molecular flexibility index (Phi) is 6.14. The van der Waals surface area contributed by atoms with Gasteiger partial charge in [-0.3, -0.25) is 0 Å². The van der Waals surface area contributed by atoms with Crippen molar-refractivity contribution in [1.82, 2.24) is 4.90 Å². The van der Waals surface area contributed by atoms with Gasteiger partial charge in [0.15, 0.2) is 0 Å². The first-order valence-electron chi connectivity index (χ1n) is 12.8. The monoisotopic (exact) mass is 481 g/mol.